The molecule has 0 radical (unpaired) electrons. The van der Waals surface area contributed by atoms with Gasteiger partial charge >= 0.3 is 6.09 Å². The highest BCUT2D eigenvalue weighted by molar-refractivity contribution is 5.92. The lowest BCUT2D eigenvalue weighted by Crippen LogP contribution is -2.31. The molecule has 1 fully saturated rings. The van der Waals surface area contributed by atoms with Gasteiger partial charge in [-0.25, -0.2) is 9.69 Å². The largest absolute Gasteiger partial charge is 0.447 e. The Hall–Kier alpha value is -1.06. The van der Waals surface area contributed by atoms with E-state index in [1.807, 2.05) is 0 Å². The third kappa shape index (κ3) is 3.53. The van der Waals surface area contributed by atoms with Crippen molar-refractivity contribution in [1.29, 1.82) is 0 Å². The van der Waals surface area contributed by atoms with Crippen molar-refractivity contribution >= 4 is 12.0 Å². The summed E-state index contributed by atoms with van der Waals surface area (Å²) in [6.45, 7) is 5.03. The van der Waals surface area contributed by atoms with Crippen molar-refractivity contribution in [2.75, 3.05) is 13.2 Å². The number of carbonyl (C=O) groups excluding carboxylic acids is 2. The summed E-state index contributed by atoms with van der Waals surface area (Å²) in [5, 5.41) is 0. The molecule has 1 heterocycles. The summed E-state index contributed by atoms with van der Waals surface area (Å²) in [6, 6.07) is 0. The first-order chi connectivity index (χ1) is 7.15. The van der Waals surface area contributed by atoms with Crippen molar-refractivity contribution < 1.29 is 14.3 Å². The Morgan fingerprint density at radius 1 is 1.53 bits per heavy atom. The topological polar surface area (TPSA) is 46.6 Å². The van der Waals surface area contributed by atoms with Crippen LogP contribution in [0, 0.1) is 5.92 Å². The number of imide groups is 1. The van der Waals surface area contributed by atoms with Crippen LogP contribution < -0.4 is 0 Å². The molecule has 4 nitrogen and oxygen atoms in total. The van der Waals surface area contributed by atoms with E-state index in [0.29, 0.717) is 25.5 Å². The number of cyclic esters (lactones) is 1. The van der Waals surface area contributed by atoms with Crippen LogP contribution in [0.5, 0.6) is 0 Å². The number of hydrogen-bond donors (Lipinski definition) is 0. The summed E-state index contributed by atoms with van der Waals surface area (Å²) in [5.41, 5.74) is 0. The first-order valence-corrected chi connectivity index (χ1v) is 5.62. The van der Waals surface area contributed by atoms with E-state index in [1.165, 1.54) is 4.90 Å². The van der Waals surface area contributed by atoms with Gasteiger partial charge in [-0.15, -0.1) is 0 Å². The molecule has 0 spiro atoms. The van der Waals surface area contributed by atoms with Gasteiger partial charge in [-0.3, -0.25) is 4.79 Å². The van der Waals surface area contributed by atoms with E-state index in [1.54, 1.807) is 0 Å². The van der Waals surface area contributed by atoms with E-state index in [4.69, 9.17) is 4.74 Å². The summed E-state index contributed by atoms with van der Waals surface area (Å²) in [7, 11) is 0. The summed E-state index contributed by atoms with van der Waals surface area (Å²) >= 11 is 0. The molecule has 1 aliphatic heterocycles. The van der Waals surface area contributed by atoms with Crippen molar-refractivity contribution in [1.82, 2.24) is 4.90 Å². The maximum Gasteiger partial charge on any atom is 0.416 e. The highest BCUT2D eigenvalue weighted by Crippen LogP contribution is 2.14. The van der Waals surface area contributed by atoms with E-state index in [-0.39, 0.29) is 5.91 Å². The Bertz CT molecular complexity index is 240. The molecule has 0 aromatic carbocycles. The van der Waals surface area contributed by atoms with Crippen LogP contribution >= 0.6 is 0 Å². The Morgan fingerprint density at radius 2 is 2.27 bits per heavy atom. The van der Waals surface area contributed by atoms with Gasteiger partial charge in [-0.2, -0.15) is 0 Å². The first-order valence-electron chi connectivity index (χ1n) is 5.62. The maximum atomic E-state index is 11.6. The van der Waals surface area contributed by atoms with Gasteiger partial charge in [0.15, 0.2) is 0 Å². The fourth-order valence-corrected chi connectivity index (χ4v) is 1.76. The molecule has 0 aliphatic carbocycles. The number of rotatable bonds is 5. The summed E-state index contributed by atoms with van der Waals surface area (Å²) in [5.74, 6) is 0.457. The van der Waals surface area contributed by atoms with Gasteiger partial charge < -0.3 is 4.74 Å². The van der Waals surface area contributed by atoms with Gasteiger partial charge in [0, 0.05) is 6.42 Å². The highest BCUT2D eigenvalue weighted by Gasteiger charge is 2.27. The third-order valence-corrected chi connectivity index (χ3v) is 2.69. The molecule has 2 amide bonds. The predicted octanol–water partition coefficient (Wildman–Crippen LogP) is 2.18. The lowest BCUT2D eigenvalue weighted by molar-refractivity contribution is -0.128. The second kappa shape index (κ2) is 5.73. The lowest BCUT2D eigenvalue weighted by atomic mass is 10.00. The van der Waals surface area contributed by atoms with E-state index in [0.717, 1.165) is 19.3 Å². The van der Waals surface area contributed by atoms with Gasteiger partial charge in [-0.1, -0.05) is 26.7 Å². The predicted molar refractivity (Wildman–Crippen MR) is 56.4 cm³/mol. The zero-order chi connectivity index (χ0) is 11.3. The van der Waals surface area contributed by atoms with Crippen molar-refractivity contribution in [2.45, 2.75) is 39.5 Å². The molecule has 1 aliphatic rings. The summed E-state index contributed by atoms with van der Waals surface area (Å²) in [6.07, 6.45) is 3.11. The molecular weight excluding hydrogens is 194 g/mol. The molecule has 0 N–H and O–H groups in total. The quantitative estimate of drug-likeness (QED) is 0.703. The van der Waals surface area contributed by atoms with Crippen molar-refractivity contribution in [3.8, 4) is 0 Å². The van der Waals surface area contributed by atoms with Gasteiger partial charge in [0.25, 0.3) is 0 Å². The van der Waals surface area contributed by atoms with Crippen LogP contribution in [0.4, 0.5) is 4.79 Å². The van der Waals surface area contributed by atoms with Gasteiger partial charge in [0.05, 0.1) is 6.54 Å². The van der Waals surface area contributed by atoms with Gasteiger partial charge in [0.2, 0.25) is 5.91 Å². The molecule has 15 heavy (non-hydrogen) atoms. The highest BCUT2D eigenvalue weighted by atomic mass is 16.6. The number of hydrogen-bond acceptors (Lipinski definition) is 3. The van der Waals surface area contributed by atoms with Crippen LogP contribution in [0.25, 0.3) is 0 Å². The van der Waals surface area contributed by atoms with E-state index < -0.39 is 6.09 Å². The molecule has 0 aromatic rings. The lowest BCUT2D eigenvalue weighted by Gasteiger charge is -2.13. The molecule has 86 valence electrons. The Labute approximate surface area is 90.6 Å². The zero-order valence-electron chi connectivity index (χ0n) is 9.49. The number of carbonyl (C=O) groups is 2. The minimum atomic E-state index is -0.483. The molecule has 0 aromatic heterocycles. The number of nitrogens with zero attached hydrogens (tertiary/aromatic N) is 1. The molecule has 0 unspecified atom stereocenters. The van der Waals surface area contributed by atoms with Crippen LogP contribution in [-0.4, -0.2) is 30.1 Å². The van der Waals surface area contributed by atoms with Crippen molar-refractivity contribution in [3.63, 3.8) is 0 Å². The van der Waals surface area contributed by atoms with Gasteiger partial charge in [0.1, 0.15) is 6.61 Å². The molecule has 1 saturated heterocycles. The van der Waals surface area contributed by atoms with E-state index >= 15 is 0 Å². The smallest absolute Gasteiger partial charge is 0.416 e. The molecule has 1 atom stereocenters. The number of ether oxygens (including phenoxy) is 1. The standard InChI is InChI=1S/C11H19NO3/c1-3-4-9(2)5-6-10(13)12-7-8-15-11(12)14/h9H,3-8H2,1-2H3/t9-/m0/s1. The maximum absolute atomic E-state index is 11.6. The molecular formula is C11H19NO3. The molecule has 0 bridgehead atoms. The Morgan fingerprint density at radius 3 is 2.80 bits per heavy atom. The normalized spacial score (nSPS) is 17.7. The third-order valence-electron chi connectivity index (χ3n) is 2.69. The molecule has 1 rings (SSSR count). The Balaban J connectivity index is 2.26. The summed E-state index contributed by atoms with van der Waals surface area (Å²) in [4.78, 5) is 23.9. The van der Waals surface area contributed by atoms with Gasteiger partial charge in [-0.05, 0) is 12.3 Å². The van der Waals surface area contributed by atoms with Crippen molar-refractivity contribution in [2.24, 2.45) is 5.92 Å². The van der Waals surface area contributed by atoms with Crippen LogP contribution in [0.2, 0.25) is 0 Å². The fourth-order valence-electron chi connectivity index (χ4n) is 1.76. The summed E-state index contributed by atoms with van der Waals surface area (Å²) < 4.78 is 4.71. The minimum Gasteiger partial charge on any atom is -0.447 e. The average molecular weight is 213 g/mol. The zero-order valence-corrected chi connectivity index (χ0v) is 9.49. The Kier molecular flexibility index (Phi) is 4.59. The fraction of sp³-hybridized carbons (Fsp3) is 0.818. The second-order valence-corrected chi connectivity index (χ2v) is 4.09. The minimum absolute atomic E-state index is 0.0968. The van der Waals surface area contributed by atoms with Crippen LogP contribution in [-0.2, 0) is 9.53 Å². The van der Waals surface area contributed by atoms with Crippen LogP contribution in [0.3, 0.4) is 0 Å². The second-order valence-electron chi connectivity index (χ2n) is 4.09. The number of amides is 2. The molecule has 0 saturated carbocycles. The first kappa shape index (κ1) is 12.0. The monoisotopic (exact) mass is 213 g/mol. The molecule has 4 heteroatoms. The SMILES string of the molecule is CCC[C@H](C)CCC(=O)N1CCOC1=O. The average Bonchev–Trinajstić information content (AvgIpc) is 2.61. The van der Waals surface area contributed by atoms with Crippen molar-refractivity contribution in [3.05, 3.63) is 0 Å². The van der Waals surface area contributed by atoms with E-state index in [2.05, 4.69) is 13.8 Å². The van der Waals surface area contributed by atoms with Crippen LogP contribution in [0.15, 0.2) is 0 Å². The van der Waals surface area contributed by atoms with Crippen LogP contribution in [0.1, 0.15) is 39.5 Å². The van der Waals surface area contributed by atoms with E-state index in [9.17, 15) is 9.59 Å².